The minimum absolute atomic E-state index is 0.195. The standard InChI is InChI=1S/C18H18N4O2/c19-15-9-16(20)18(22-12-3-7-14(24)8-4-12)10-17(15)21-11-1-5-13(23)6-2-11/h1-10,21-24H,19-20H2. The first-order chi connectivity index (χ1) is 11.5. The Labute approximate surface area is 139 Å². The van der Waals surface area contributed by atoms with Gasteiger partial charge in [0.25, 0.3) is 0 Å². The van der Waals surface area contributed by atoms with E-state index in [9.17, 15) is 10.2 Å². The van der Waals surface area contributed by atoms with E-state index in [1.165, 1.54) is 0 Å². The van der Waals surface area contributed by atoms with Gasteiger partial charge in [-0.15, -0.1) is 0 Å². The van der Waals surface area contributed by atoms with Gasteiger partial charge in [0.05, 0.1) is 22.7 Å². The lowest BCUT2D eigenvalue weighted by Gasteiger charge is -2.15. The second kappa shape index (κ2) is 6.29. The first-order valence-corrected chi connectivity index (χ1v) is 7.32. The molecule has 0 unspecified atom stereocenters. The monoisotopic (exact) mass is 322 g/mol. The third kappa shape index (κ3) is 3.44. The summed E-state index contributed by atoms with van der Waals surface area (Å²) in [4.78, 5) is 0. The fourth-order valence-electron chi connectivity index (χ4n) is 2.25. The molecule has 3 aromatic carbocycles. The van der Waals surface area contributed by atoms with Crippen LogP contribution < -0.4 is 22.1 Å². The fraction of sp³-hybridized carbons (Fsp3) is 0. The number of hydrogen-bond donors (Lipinski definition) is 6. The Balaban J connectivity index is 1.87. The molecule has 0 spiro atoms. The summed E-state index contributed by atoms with van der Waals surface area (Å²) in [5.41, 5.74) is 16.0. The average molecular weight is 322 g/mol. The largest absolute Gasteiger partial charge is 0.508 e. The highest BCUT2D eigenvalue weighted by atomic mass is 16.3. The molecule has 6 heteroatoms. The molecule has 0 heterocycles. The van der Waals surface area contributed by atoms with Gasteiger partial charge in [0.1, 0.15) is 11.5 Å². The van der Waals surface area contributed by atoms with Crippen molar-refractivity contribution >= 4 is 34.1 Å². The number of rotatable bonds is 4. The SMILES string of the molecule is Nc1cc(N)c(Nc2ccc(O)cc2)cc1Nc1ccc(O)cc1. The van der Waals surface area contributed by atoms with E-state index >= 15 is 0 Å². The van der Waals surface area contributed by atoms with E-state index < -0.39 is 0 Å². The molecule has 0 radical (unpaired) electrons. The van der Waals surface area contributed by atoms with Gasteiger partial charge >= 0.3 is 0 Å². The number of nitrogens with two attached hydrogens (primary N) is 2. The highest BCUT2D eigenvalue weighted by Crippen LogP contribution is 2.33. The van der Waals surface area contributed by atoms with Crippen molar-refractivity contribution in [1.82, 2.24) is 0 Å². The van der Waals surface area contributed by atoms with Crippen molar-refractivity contribution in [1.29, 1.82) is 0 Å². The Morgan fingerprint density at radius 3 is 1.33 bits per heavy atom. The van der Waals surface area contributed by atoms with E-state index in [1.807, 2.05) is 6.07 Å². The molecule has 0 aliphatic heterocycles. The lowest BCUT2D eigenvalue weighted by Crippen LogP contribution is -2.02. The predicted octanol–water partition coefficient (Wildman–Crippen LogP) is 3.75. The maximum Gasteiger partial charge on any atom is 0.115 e. The molecule has 0 bridgehead atoms. The van der Waals surface area contributed by atoms with Crippen LogP contribution in [0.4, 0.5) is 34.1 Å². The first-order valence-electron chi connectivity index (χ1n) is 7.32. The molecular formula is C18H18N4O2. The number of phenols is 2. The van der Waals surface area contributed by atoms with Gasteiger partial charge in [-0.1, -0.05) is 0 Å². The second-order valence-corrected chi connectivity index (χ2v) is 5.37. The molecule has 0 saturated carbocycles. The van der Waals surface area contributed by atoms with Gasteiger partial charge in [-0.3, -0.25) is 0 Å². The van der Waals surface area contributed by atoms with E-state index in [0.29, 0.717) is 22.7 Å². The van der Waals surface area contributed by atoms with Gasteiger partial charge in [-0.05, 0) is 60.7 Å². The molecular weight excluding hydrogens is 304 g/mol. The number of anilines is 6. The number of phenolic OH excluding ortho intramolecular Hbond substituents is 2. The van der Waals surface area contributed by atoms with E-state index in [2.05, 4.69) is 10.6 Å². The van der Waals surface area contributed by atoms with Crippen molar-refractivity contribution in [2.75, 3.05) is 22.1 Å². The Kier molecular flexibility index (Phi) is 4.03. The Bertz CT molecular complexity index is 777. The second-order valence-electron chi connectivity index (χ2n) is 5.37. The summed E-state index contributed by atoms with van der Waals surface area (Å²) in [5, 5.41) is 25.1. The summed E-state index contributed by atoms with van der Waals surface area (Å²) in [5.74, 6) is 0.390. The number of nitrogen functional groups attached to an aromatic ring is 2. The molecule has 0 aliphatic rings. The predicted molar refractivity (Wildman–Crippen MR) is 98.0 cm³/mol. The van der Waals surface area contributed by atoms with Crippen LogP contribution in [0.2, 0.25) is 0 Å². The lowest BCUT2D eigenvalue weighted by molar-refractivity contribution is 0.475. The molecule has 6 nitrogen and oxygen atoms in total. The van der Waals surface area contributed by atoms with Crippen LogP contribution in [0.25, 0.3) is 0 Å². The molecule has 0 atom stereocenters. The maximum atomic E-state index is 9.34. The number of benzene rings is 3. The number of hydrogen-bond acceptors (Lipinski definition) is 6. The van der Waals surface area contributed by atoms with Crippen LogP contribution in [-0.2, 0) is 0 Å². The number of nitrogens with one attached hydrogen (secondary N) is 2. The Hall–Kier alpha value is -3.54. The van der Waals surface area contributed by atoms with Crippen LogP contribution in [0.3, 0.4) is 0 Å². The topological polar surface area (TPSA) is 117 Å². The zero-order valence-electron chi connectivity index (χ0n) is 12.8. The highest BCUT2D eigenvalue weighted by molar-refractivity contribution is 5.85. The van der Waals surface area contributed by atoms with Crippen molar-refractivity contribution in [3.05, 3.63) is 60.7 Å². The Morgan fingerprint density at radius 2 is 0.958 bits per heavy atom. The molecule has 0 amide bonds. The third-order valence-electron chi connectivity index (χ3n) is 3.51. The quantitative estimate of drug-likeness (QED) is 0.322. The zero-order chi connectivity index (χ0) is 17.1. The van der Waals surface area contributed by atoms with Crippen LogP contribution in [0.15, 0.2) is 60.7 Å². The summed E-state index contributed by atoms with van der Waals surface area (Å²) in [6.45, 7) is 0. The average Bonchev–Trinajstić information content (AvgIpc) is 2.56. The van der Waals surface area contributed by atoms with E-state index in [4.69, 9.17) is 11.5 Å². The summed E-state index contributed by atoms with van der Waals surface area (Å²) in [6, 6.07) is 16.8. The molecule has 3 aromatic rings. The summed E-state index contributed by atoms with van der Waals surface area (Å²) >= 11 is 0. The molecule has 0 fully saturated rings. The molecule has 0 saturated heterocycles. The third-order valence-corrected chi connectivity index (χ3v) is 3.51. The van der Waals surface area contributed by atoms with Crippen LogP contribution >= 0.6 is 0 Å². The zero-order valence-corrected chi connectivity index (χ0v) is 12.8. The van der Waals surface area contributed by atoms with E-state index in [1.54, 1.807) is 54.6 Å². The van der Waals surface area contributed by atoms with Crippen molar-refractivity contribution in [3.63, 3.8) is 0 Å². The van der Waals surface area contributed by atoms with E-state index in [0.717, 1.165) is 11.4 Å². The molecule has 0 aliphatic carbocycles. The van der Waals surface area contributed by atoms with Crippen LogP contribution in [-0.4, -0.2) is 10.2 Å². The summed E-state index contributed by atoms with van der Waals surface area (Å²) in [6.07, 6.45) is 0. The fourth-order valence-corrected chi connectivity index (χ4v) is 2.25. The van der Waals surface area contributed by atoms with Crippen molar-refractivity contribution < 1.29 is 10.2 Å². The molecule has 24 heavy (non-hydrogen) atoms. The van der Waals surface area contributed by atoms with Gasteiger partial charge in [0.15, 0.2) is 0 Å². The number of aromatic hydroxyl groups is 2. The normalized spacial score (nSPS) is 10.3. The first kappa shape index (κ1) is 15.4. The lowest BCUT2D eigenvalue weighted by atomic mass is 10.2. The van der Waals surface area contributed by atoms with Crippen molar-refractivity contribution in [2.45, 2.75) is 0 Å². The Morgan fingerprint density at radius 1 is 0.583 bits per heavy atom. The molecule has 122 valence electrons. The van der Waals surface area contributed by atoms with Gasteiger partial charge < -0.3 is 32.3 Å². The minimum Gasteiger partial charge on any atom is -0.508 e. The van der Waals surface area contributed by atoms with Crippen LogP contribution in [0.5, 0.6) is 11.5 Å². The van der Waals surface area contributed by atoms with E-state index in [-0.39, 0.29) is 11.5 Å². The van der Waals surface area contributed by atoms with Gasteiger partial charge in [0, 0.05) is 11.4 Å². The van der Waals surface area contributed by atoms with Gasteiger partial charge in [-0.2, -0.15) is 0 Å². The molecule has 8 N–H and O–H groups in total. The van der Waals surface area contributed by atoms with Crippen LogP contribution in [0, 0.1) is 0 Å². The minimum atomic E-state index is 0.195. The summed E-state index contributed by atoms with van der Waals surface area (Å²) < 4.78 is 0. The van der Waals surface area contributed by atoms with Gasteiger partial charge in [0.2, 0.25) is 0 Å². The highest BCUT2D eigenvalue weighted by Gasteiger charge is 2.07. The van der Waals surface area contributed by atoms with Crippen molar-refractivity contribution in [3.8, 4) is 11.5 Å². The molecule has 0 aromatic heterocycles. The van der Waals surface area contributed by atoms with Crippen molar-refractivity contribution in [2.24, 2.45) is 0 Å². The maximum absolute atomic E-state index is 9.34. The molecule has 3 rings (SSSR count). The van der Waals surface area contributed by atoms with Gasteiger partial charge in [-0.25, -0.2) is 0 Å². The smallest absolute Gasteiger partial charge is 0.115 e. The van der Waals surface area contributed by atoms with Crippen LogP contribution in [0.1, 0.15) is 0 Å². The summed E-state index contributed by atoms with van der Waals surface area (Å²) in [7, 11) is 0.